The third-order valence-electron chi connectivity index (χ3n) is 5.37. The molecule has 0 aliphatic carbocycles. The molecule has 1 aliphatic rings. The second-order valence-corrected chi connectivity index (χ2v) is 8.47. The number of amides is 4. The van der Waals surface area contributed by atoms with Crippen molar-refractivity contribution in [1.29, 1.82) is 0 Å². The van der Waals surface area contributed by atoms with E-state index in [0.717, 1.165) is 10.2 Å². The van der Waals surface area contributed by atoms with E-state index >= 15 is 0 Å². The molecule has 0 saturated carbocycles. The van der Waals surface area contributed by atoms with Crippen molar-refractivity contribution in [1.82, 2.24) is 10.6 Å². The molecule has 0 radical (unpaired) electrons. The highest BCUT2D eigenvalue weighted by atomic mass is 19.4. The van der Waals surface area contributed by atoms with E-state index in [0.29, 0.717) is 11.8 Å². The van der Waals surface area contributed by atoms with E-state index in [2.05, 4.69) is 4.74 Å². The summed E-state index contributed by atoms with van der Waals surface area (Å²) in [6.07, 6.45) is -12.7. The van der Waals surface area contributed by atoms with Gasteiger partial charge >= 0.3 is 24.4 Å². The van der Waals surface area contributed by atoms with Crippen LogP contribution in [0.2, 0.25) is 0 Å². The maximum absolute atomic E-state index is 13.2. The molecule has 2 unspecified atom stereocenters. The number of hydrogen-bond donors (Lipinski definition) is 4. The number of nitrogens with zero attached hydrogens (tertiary/aromatic N) is 2. The van der Waals surface area contributed by atoms with Crippen LogP contribution in [-0.4, -0.2) is 96.8 Å². The molecule has 0 fully saturated rings. The van der Waals surface area contributed by atoms with E-state index in [9.17, 15) is 64.5 Å². The van der Waals surface area contributed by atoms with Crippen LogP contribution in [0, 0.1) is 0 Å². The van der Waals surface area contributed by atoms with Gasteiger partial charge in [0.2, 0.25) is 5.60 Å². The van der Waals surface area contributed by atoms with Gasteiger partial charge in [0.05, 0.1) is 31.1 Å². The van der Waals surface area contributed by atoms with Crippen LogP contribution in [0.4, 0.5) is 51.3 Å². The van der Waals surface area contributed by atoms with Crippen molar-refractivity contribution < 1.29 is 69.3 Å². The summed E-state index contributed by atoms with van der Waals surface area (Å²) in [7, 11) is 0. The lowest BCUT2D eigenvalue weighted by molar-refractivity contribution is -0.278. The van der Waals surface area contributed by atoms with Gasteiger partial charge in [0.15, 0.2) is 6.61 Å². The lowest BCUT2D eigenvalue weighted by atomic mass is 10.0. The maximum atomic E-state index is 13.2. The first-order chi connectivity index (χ1) is 18.2. The number of fused-ring (bicyclic) bond motifs is 1. The predicted octanol–water partition coefficient (Wildman–Crippen LogP) is 1.08. The van der Waals surface area contributed by atoms with E-state index in [4.69, 9.17) is 0 Å². The van der Waals surface area contributed by atoms with Crippen molar-refractivity contribution in [3.05, 3.63) is 24.3 Å². The SMILES string of the molecule is CC(O)(C(=O)NCC(F)(F)C(F)(F)F)C(=O)NC1CN(C(=O)OCC(F)(F)F)c2ccccc2N(CCO)C1=O. The van der Waals surface area contributed by atoms with Gasteiger partial charge in [-0.05, 0) is 19.1 Å². The molecule has 0 saturated heterocycles. The number of aliphatic hydroxyl groups is 2. The summed E-state index contributed by atoms with van der Waals surface area (Å²) in [6.45, 7) is -6.10. The van der Waals surface area contributed by atoms with Gasteiger partial charge in [-0.25, -0.2) is 4.79 Å². The average molecular weight is 594 g/mol. The Morgan fingerprint density at radius 2 is 1.60 bits per heavy atom. The quantitative estimate of drug-likeness (QED) is 0.260. The second kappa shape index (κ2) is 11.8. The lowest BCUT2D eigenvalue weighted by Gasteiger charge is -2.28. The van der Waals surface area contributed by atoms with Crippen LogP contribution in [0.3, 0.4) is 0 Å². The monoisotopic (exact) mass is 594 g/mol. The predicted molar refractivity (Wildman–Crippen MR) is 117 cm³/mol. The van der Waals surface area contributed by atoms with Crippen molar-refractivity contribution >= 4 is 35.2 Å². The molecule has 2 rings (SSSR count). The van der Waals surface area contributed by atoms with Gasteiger partial charge < -0.3 is 30.5 Å². The Bertz CT molecular complexity index is 1130. The third kappa shape index (κ3) is 7.46. The molecule has 11 nitrogen and oxygen atoms in total. The summed E-state index contributed by atoms with van der Waals surface area (Å²) in [5.74, 6) is -10.4. The van der Waals surface area contributed by atoms with E-state index < -0.39 is 86.6 Å². The van der Waals surface area contributed by atoms with Crippen molar-refractivity contribution in [2.24, 2.45) is 0 Å². The number of carbonyl (C=O) groups is 4. The Labute approximate surface area is 219 Å². The van der Waals surface area contributed by atoms with Gasteiger partial charge in [-0.1, -0.05) is 12.1 Å². The molecule has 0 aromatic heterocycles. The van der Waals surface area contributed by atoms with Gasteiger partial charge in [0.25, 0.3) is 17.7 Å². The molecule has 0 spiro atoms. The molecule has 1 heterocycles. The van der Waals surface area contributed by atoms with Gasteiger partial charge in [-0.2, -0.15) is 35.1 Å². The number of halogens is 8. The summed E-state index contributed by atoms with van der Waals surface area (Å²) < 4.78 is 105. The summed E-state index contributed by atoms with van der Waals surface area (Å²) >= 11 is 0. The summed E-state index contributed by atoms with van der Waals surface area (Å²) in [4.78, 5) is 51.9. The molecule has 1 aromatic rings. The first-order valence-electron chi connectivity index (χ1n) is 11.0. The number of benzene rings is 1. The number of carbonyl (C=O) groups excluding carboxylic acids is 4. The number of nitrogens with one attached hydrogen (secondary N) is 2. The number of anilines is 2. The van der Waals surface area contributed by atoms with Crippen LogP contribution < -0.4 is 20.4 Å². The molecule has 1 aromatic carbocycles. The first kappa shape index (κ1) is 32.5. The standard InChI is InChI=1S/C21H22F8N4O7/c1-18(39,15(36)30-9-19(22,23)21(27,28)29)16(37)31-11-8-33(17(38)40-10-20(24,25)26)13-5-3-2-4-12(13)32(6-7-34)14(11)35/h2-5,11,34,39H,6-10H2,1H3,(H,30,36)(H,31,37). The number of para-hydroxylation sites is 2. The fourth-order valence-corrected chi connectivity index (χ4v) is 3.28. The van der Waals surface area contributed by atoms with Gasteiger partial charge in [-0.15, -0.1) is 0 Å². The second-order valence-electron chi connectivity index (χ2n) is 8.47. The van der Waals surface area contributed by atoms with Gasteiger partial charge in [0.1, 0.15) is 6.04 Å². The van der Waals surface area contributed by atoms with Crippen molar-refractivity contribution in [3.63, 3.8) is 0 Å². The third-order valence-corrected chi connectivity index (χ3v) is 5.37. The molecule has 0 bridgehead atoms. The number of hydrogen-bond acceptors (Lipinski definition) is 7. The topological polar surface area (TPSA) is 149 Å². The van der Waals surface area contributed by atoms with Gasteiger partial charge in [0, 0.05) is 6.54 Å². The minimum Gasteiger partial charge on any atom is -0.439 e. The van der Waals surface area contributed by atoms with Gasteiger partial charge in [-0.3, -0.25) is 19.3 Å². The fourth-order valence-electron chi connectivity index (χ4n) is 3.28. The summed E-state index contributed by atoms with van der Waals surface area (Å²) in [5, 5.41) is 22.6. The zero-order chi connectivity index (χ0) is 30.7. The molecule has 224 valence electrons. The van der Waals surface area contributed by atoms with E-state index in [1.54, 1.807) is 0 Å². The molecule has 2 atom stereocenters. The number of β-amino-alcohol motifs (C(OH)–C–C–N with tert-alkyl or cyclic N) is 1. The molecule has 40 heavy (non-hydrogen) atoms. The largest absolute Gasteiger partial charge is 0.455 e. The van der Waals surface area contributed by atoms with Crippen molar-refractivity contribution in [2.45, 2.75) is 36.8 Å². The Hall–Kier alpha value is -3.74. The van der Waals surface area contributed by atoms with Crippen molar-refractivity contribution in [2.75, 3.05) is 42.6 Å². The maximum Gasteiger partial charge on any atom is 0.455 e. The van der Waals surface area contributed by atoms with Crippen LogP contribution in [-0.2, 0) is 19.1 Å². The van der Waals surface area contributed by atoms with Crippen LogP contribution >= 0.6 is 0 Å². The molecular formula is C21H22F8N4O7. The zero-order valence-electron chi connectivity index (χ0n) is 20.3. The van der Waals surface area contributed by atoms with Crippen LogP contribution in [0.15, 0.2) is 24.3 Å². The fraction of sp³-hybridized carbons (Fsp3) is 0.524. The first-order valence-corrected chi connectivity index (χ1v) is 11.0. The molecule has 4 N–H and O–H groups in total. The smallest absolute Gasteiger partial charge is 0.439 e. The number of aliphatic hydroxyl groups excluding tert-OH is 1. The van der Waals surface area contributed by atoms with E-state index in [1.165, 1.54) is 24.3 Å². The lowest BCUT2D eigenvalue weighted by Crippen LogP contribution is -2.62. The van der Waals surface area contributed by atoms with Crippen LogP contribution in [0.1, 0.15) is 6.92 Å². The Morgan fingerprint density at radius 1 is 1.02 bits per heavy atom. The number of rotatable bonds is 8. The number of ether oxygens (including phenoxy) is 1. The Morgan fingerprint density at radius 3 is 2.12 bits per heavy atom. The van der Waals surface area contributed by atoms with E-state index in [-0.39, 0.29) is 11.4 Å². The Balaban J connectivity index is 2.36. The summed E-state index contributed by atoms with van der Waals surface area (Å²) in [6, 6.07) is 3.16. The summed E-state index contributed by atoms with van der Waals surface area (Å²) in [5.41, 5.74) is -3.68. The van der Waals surface area contributed by atoms with E-state index in [1.807, 2.05) is 5.32 Å². The molecular weight excluding hydrogens is 572 g/mol. The average Bonchev–Trinajstić information content (AvgIpc) is 2.95. The van der Waals surface area contributed by atoms with Crippen LogP contribution in [0.25, 0.3) is 0 Å². The van der Waals surface area contributed by atoms with Crippen LogP contribution in [0.5, 0.6) is 0 Å². The molecule has 4 amide bonds. The van der Waals surface area contributed by atoms with Crippen molar-refractivity contribution in [3.8, 4) is 0 Å². The Kier molecular flexibility index (Phi) is 9.57. The highest BCUT2D eigenvalue weighted by molar-refractivity contribution is 6.11. The normalized spacial score (nSPS) is 17.9. The molecule has 1 aliphatic heterocycles. The zero-order valence-corrected chi connectivity index (χ0v) is 20.3. The molecule has 19 heteroatoms. The number of alkyl halides is 8. The highest BCUT2D eigenvalue weighted by Gasteiger charge is 2.58. The minimum atomic E-state index is -6.07. The highest BCUT2D eigenvalue weighted by Crippen LogP contribution is 2.35. The minimum absolute atomic E-state index is 0.124.